The molecule has 1 aliphatic heterocycles. The summed E-state index contributed by atoms with van der Waals surface area (Å²) in [5.41, 5.74) is 6.76. The lowest BCUT2D eigenvalue weighted by atomic mass is 10.0. The molecule has 1 aromatic rings. The summed E-state index contributed by atoms with van der Waals surface area (Å²) in [5, 5.41) is 9.16. The number of nitrogens with zero attached hydrogens (tertiary/aromatic N) is 1. The zero-order valence-corrected chi connectivity index (χ0v) is 19.5. The minimum Gasteiger partial charge on any atom is -0.477 e. The summed E-state index contributed by atoms with van der Waals surface area (Å²) < 4.78 is 34.6. The van der Waals surface area contributed by atoms with Crippen LogP contribution in [0.4, 0.5) is 0 Å². The van der Waals surface area contributed by atoms with Crippen LogP contribution in [0, 0.1) is 6.92 Å². The van der Waals surface area contributed by atoms with Gasteiger partial charge in [0.1, 0.15) is 11.7 Å². The van der Waals surface area contributed by atoms with Gasteiger partial charge >= 0.3 is 11.9 Å². The number of aliphatic carboxylic acids is 1. The van der Waals surface area contributed by atoms with E-state index in [0.717, 1.165) is 10.5 Å². The summed E-state index contributed by atoms with van der Waals surface area (Å²) in [7, 11) is -4.02. The van der Waals surface area contributed by atoms with Crippen LogP contribution in [0.3, 0.4) is 0 Å². The van der Waals surface area contributed by atoms with Crippen LogP contribution in [0.1, 0.15) is 19.4 Å². The van der Waals surface area contributed by atoms with Gasteiger partial charge in [-0.15, -0.1) is 18.3 Å². The number of β-lactam (4-membered cyclic amide) rings is 1. The monoisotopic (exact) mass is 486 g/mol. The average Bonchev–Trinajstić information content (AvgIpc) is 2.70. The minimum absolute atomic E-state index is 0.0666. The first-order valence-corrected chi connectivity index (χ1v) is 11.8. The molecule has 2 atom stereocenters. The lowest BCUT2D eigenvalue weighted by Gasteiger charge is -2.44. The number of ether oxygens (including phenoxy) is 1. The van der Waals surface area contributed by atoms with Gasteiger partial charge in [0.25, 0.3) is 16.0 Å². The predicted octanol–water partition coefficient (Wildman–Crippen LogP) is 1.56. The number of aryl methyl sites for hydroxylation is 1. The predicted molar refractivity (Wildman–Crippen MR) is 119 cm³/mol. The van der Waals surface area contributed by atoms with E-state index in [1.165, 1.54) is 23.9 Å². The van der Waals surface area contributed by atoms with Crippen LogP contribution < -0.4 is 5.73 Å². The van der Waals surface area contributed by atoms with Crippen molar-refractivity contribution in [2.75, 3.05) is 11.5 Å². The van der Waals surface area contributed by atoms with Gasteiger partial charge in [-0.25, -0.2) is 4.79 Å². The van der Waals surface area contributed by atoms with E-state index in [-0.39, 0.29) is 16.3 Å². The number of allylic oxidation sites excluding steroid dienone is 1. The van der Waals surface area contributed by atoms with Gasteiger partial charge in [-0.1, -0.05) is 23.8 Å². The highest BCUT2D eigenvalue weighted by atomic mass is 32.2. The van der Waals surface area contributed by atoms with E-state index in [1.54, 1.807) is 32.1 Å². The topological polar surface area (TPSA) is 164 Å². The van der Waals surface area contributed by atoms with Gasteiger partial charge in [-0.2, -0.15) is 8.42 Å². The van der Waals surface area contributed by atoms with Crippen LogP contribution in [0.15, 0.2) is 53.1 Å². The van der Waals surface area contributed by atoms with Crippen molar-refractivity contribution in [2.24, 2.45) is 5.73 Å². The molecule has 1 fully saturated rings. The largest absolute Gasteiger partial charge is 0.477 e. The molecular weight excluding hydrogens is 460 g/mol. The standard InChI is InChI=1S/C13H18N2O5S.C7H8O3S/c1-4-5-21-6-8(16)20-12-9(14)11(17)15(12)10(7(2)3)13(18)19;1-6-2-4-7(5-3-6)11(8,9)10/h4,9,12H,1,5-6,14H2,2-3H3,(H,18,19);2-5H,1H3,(H,8,9,10)/t9-,12-;/m1./s1. The third-order valence-corrected chi connectivity index (χ3v) is 5.81. The first-order chi connectivity index (χ1) is 14.8. The summed E-state index contributed by atoms with van der Waals surface area (Å²) in [6, 6.07) is 4.95. The summed E-state index contributed by atoms with van der Waals surface area (Å²) in [6.45, 7) is 8.48. The SMILES string of the molecule is C=CCSCC(=O)O[C@@H]1[C@H](N)C(=O)N1C(C(=O)O)=C(C)C.Cc1ccc(S(=O)(=O)O)cc1. The maximum Gasteiger partial charge on any atom is 0.352 e. The fourth-order valence-electron chi connectivity index (χ4n) is 2.51. The van der Waals surface area contributed by atoms with Gasteiger partial charge in [0.05, 0.1) is 10.6 Å². The van der Waals surface area contributed by atoms with Crippen molar-refractivity contribution in [1.82, 2.24) is 4.90 Å². The Bertz CT molecular complexity index is 999. The number of hydrogen-bond acceptors (Lipinski definition) is 8. The Kier molecular flexibility index (Phi) is 10.1. The summed E-state index contributed by atoms with van der Waals surface area (Å²) in [6.07, 6.45) is 0.574. The number of carbonyl (C=O) groups is 3. The van der Waals surface area contributed by atoms with E-state index in [1.807, 2.05) is 6.92 Å². The molecule has 0 unspecified atom stereocenters. The van der Waals surface area contributed by atoms with E-state index >= 15 is 0 Å². The fourth-order valence-corrected chi connectivity index (χ4v) is 3.51. The fraction of sp³-hybridized carbons (Fsp3) is 0.350. The highest BCUT2D eigenvalue weighted by Crippen LogP contribution is 2.27. The molecule has 10 nitrogen and oxygen atoms in total. The number of thioether (sulfide) groups is 1. The van der Waals surface area contributed by atoms with Gasteiger partial charge in [0, 0.05) is 5.75 Å². The van der Waals surface area contributed by atoms with Crippen LogP contribution in [-0.2, 0) is 29.2 Å². The lowest BCUT2D eigenvalue weighted by molar-refractivity contribution is -0.184. The van der Waals surface area contributed by atoms with Crippen LogP contribution >= 0.6 is 11.8 Å². The van der Waals surface area contributed by atoms with Gasteiger partial charge in [-0.3, -0.25) is 19.0 Å². The summed E-state index contributed by atoms with van der Waals surface area (Å²) in [4.78, 5) is 35.5. The Morgan fingerprint density at radius 2 is 1.84 bits per heavy atom. The van der Waals surface area contributed by atoms with Gasteiger partial charge in [0.2, 0.25) is 6.23 Å². The number of carbonyl (C=O) groups excluding carboxylic acids is 2. The van der Waals surface area contributed by atoms with Crippen molar-refractivity contribution in [3.05, 3.63) is 53.8 Å². The molecule has 1 aromatic carbocycles. The second kappa shape index (κ2) is 11.8. The Hall–Kier alpha value is -2.67. The Morgan fingerprint density at radius 3 is 2.28 bits per heavy atom. The third-order valence-electron chi connectivity index (χ3n) is 4.03. The molecule has 0 spiro atoms. The molecule has 4 N–H and O–H groups in total. The third kappa shape index (κ3) is 7.48. The number of nitrogens with two attached hydrogens (primary N) is 1. The van der Waals surface area contributed by atoms with Crippen LogP contribution in [0.25, 0.3) is 0 Å². The molecule has 32 heavy (non-hydrogen) atoms. The van der Waals surface area contributed by atoms with Gasteiger partial charge in [-0.05, 0) is 38.5 Å². The first kappa shape index (κ1) is 27.4. The Balaban J connectivity index is 0.000000389. The molecule has 0 saturated carbocycles. The molecule has 0 aromatic heterocycles. The van der Waals surface area contributed by atoms with Crippen LogP contribution in [0.2, 0.25) is 0 Å². The smallest absolute Gasteiger partial charge is 0.352 e. The van der Waals surface area contributed by atoms with Crippen LogP contribution in [0.5, 0.6) is 0 Å². The molecule has 0 radical (unpaired) electrons. The van der Waals surface area contributed by atoms with E-state index in [9.17, 15) is 22.8 Å². The molecule has 2 rings (SSSR count). The van der Waals surface area contributed by atoms with Crippen molar-refractivity contribution in [3.8, 4) is 0 Å². The maximum atomic E-state index is 11.8. The van der Waals surface area contributed by atoms with Crippen molar-refractivity contribution in [3.63, 3.8) is 0 Å². The second-order valence-corrected chi connectivity index (χ2v) is 9.31. The zero-order chi connectivity index (χ0) is 24.6. The van der Waals surface area contributed by atoms with E-state index < -0.39 is 40.2 Å². The molecule has 1 heterocycles. The number of hydrogen-bond donors (Lipinski definition) is 3. The highest BCUT2D eigenvalue weighted by molar-refractivity contribution is 8.00. The molecular formula is C20H26N2O8S2. The summed E-state index contributed by atoms with van der Waals surface area (Å²) in [5.74, 6) is -1.74. The number of rotatable bonds is 8. The van der Waals surface area contributed by atoms with Crippen molar-refractivity contribution >= 4 is 39.7 Å². The highest BCUT2D eigenvalue weighted by Gasteiger charge is 2.51. The van der Waals surface area contributed by atoms with Gasteiger partial charge in [0.15, 0.2) is 0 Å². The number of benzene rings is 1. The molecule has 1 aliphatic rings. The first-order valence-electron chi connectivity index (χ1n) is 9.23. The zero-order valence-electron chi connectivity index (χ0n) is 17.8. The lowest BCUT2D eigenvalue weighted by Crippen LogP contribution is -2.70. The number of carboxylic acids is 1. The van der Waals surface area contributed by atoms with Gasteiger partial charge < -0.3 is 15.6 Å². The van der Waals surface area contributed by atoms with Crippen molar-refractivity contribution < 1.29 is 37.2 Å². The number of esters is 1. The normalized spacial score (nSPS) is 17.4. The molecule has 1 amide bonds. The quantitative estimate of drug-likeness (QED) is 0.123. The number of amides is 1. The van der Waals surface area contributed by atoms with Crippen molar-refractivity contribution in [2.45, 2.75) is 37.9 Å². The number of carboxylic acid groups (broad SMARTS) is 1. The maximum absolute atomic E-state index is 11.8. The molecule has 0 bridgehead atoms. The molecule has 12 heteroatoms. The van der Waals surface area contributed by atoms with Crippen molar-refractivity contribution in [1.29, 1.82) is 0 Å². The van der Waals surface area contributed by atoms with Crippen LogP contribution in [-0.4, -0.2) is 64.6 Å². The van der Waals surface area contributed by atoms with E-state index in [4.69, 9.17) is 20.1 Å². The second-order valence-electron chi connectivity index (χ2n) is 6.86. The molecule has 176 valence electrons. The number of likely N-dealkylation sites (tertiary alicyclic amines) is 1. The van der Waals surface area contributed by atoms with E-state index in [2.05, 4.69) is 6.58 Å². The molecule has 0 aliphatic carbocycles. The average molecular weight is 487 g/mol. The molecule has 1 saturated heterocycles. The Labute approximate surface area is 190 Å². The summed E-state index contributed by atoms with van der Waals surface area (Å²) >= 11 is 1.30. The Morgan fingerprint density at radius 1 is 1.28 bits per heavy atom. The minimum atomic E-state index is -4.02. The van der Waals surface area contributed by atoms with E-state index in [0.29, 0.717) is 11.3 Å².